The third kappa shape index (κ3) is 13.0. The molecule has 0 aliphatic rings. The minimum atomic E-state index is -0.749. The Morgan fingerprint density at radius 1 is 0.833 bits per heavy atom. The lowest BCUT2D eigenvalue weighted by Gasteiger charge is -2.22. The van der Waals surface area contributed by atoms with Gasteiger partial charge in [-0.2, -0.15) is 0 Å². The number of carbonyl (C=O) groups excluding carboxylic acids is 5. The summed E-state index contributed by atoms with van der Waals surface area (Å²) in [6.07, 6.45) is 2.15. The van der Waals surface area contributed by atoms with Crippen LogP contribution in [0.4, 0.5) is 21.0 Å². The molecule has 0 aliphatic carbocycles. The molecular weight excluding hydrogens is 694 g/mol. The molecule has 3 aromatic carbocycles. The van der Waals surface area contributed by atoms with E-state index < -0.39 is 23.6 Å². The van der Waals surface area contributed by atoms with Gasteiger partial charge in [0.1, 0.15) is 22.8 Å². The number of anilines is 2. The molecule has 0 spiro atoms. The second-order valence-electron chi connectivity index (χ2n) is 13.5. The highest BCUT2D eigenvalue weighted by molar-refractivity contribution is 6.09. The Morgan fingerprint density at radius 3 is 2.22 bits per heavy atom. The lowest BCUT2D eigenvalue weighted by Crippen LogP contribution is -2.40. The van der Waals surface area contributed by atoms with E-state index in [2.05, 4.69) is 10.6 Å². The van der Waals surface area contributed by atoms with Gasteiger partial charge in [-0.25, -0.2) is 9.59 Å². The van der Waals surface area contributed by atoms with Crippen molar-refractivity contribution in [2.75, 3.05) is 50.7 Å². The first-order valence-corrected chi connectivity index (χ1v) is 17.9. The fourth-order valence-corrected chi connectivity index (χ4v) is 5.30. The quantitative estimate of drug-likeness (QED) is 0.120. The van der Waals surface area contributed by atoms with Crippen molar-refractivity contribution in [1.82, 2.24) is 10.2 Å². The van der Waals surface area contributed by atoms with Crippen molar-refractivity contribution in [3.05, 3.63) is 77.4 Å². The Morgan fingerprint density at radius 2 is 1.54 bits per heavy atom. The number of hydrogen-bond donors (Lipinski definition) is 3. The lowest BCUT2D eigenvalue weighted by molar-refractivity contribution is -0.128. The number of unbranched alkanes of at least 4 members (excludes halogenated alkanes) is 2. The van der Waals surface area contributed by atoms with Crippen molar-refractivity contribution in [3.63, 3.8) is 0 Å². The second-order valence-corrected chi connectivity index (χ2v) is 13.5. The zero-order valence-corrected chi connectivity index (χ0v) is 32.3. The summed E-state index contributed by atoms with van der Waals surface area (Å²) in [4.78, 5) is 65.1. The first-order chi connectivity index (χ1) is 25.6. The zero-order valence-electron chi connectivity index (χ0n) is 32.3. The summed E-state index contributed by atoms with van der Waals surface area (Å²) < 4.78 is 22.8. The summed E-state index contributed by atoms with van der Waals surface area (Å²) in [7, 11) is 3.10. The number of urea groups is 1. The van der Waals surface area contributed by atoms with Crippen LogP contribution in [0.3, 0.4) is 0 Å². The van der Waals surface area contributed by atoms with Crippen LogP contribution in [0, 0.1) is 6.92 Å². The molecule has 0 radical (unpaired) electrons. The molecule has 4 N–H and O–H groups in total. The van der Waals surface area contributed by atoms with Crippen LogP contribution in [0.1, 0.15) is 86.1 Å². The summed E-state index contributed by atoms with van der Waals surface area (Å²) in [6.45, 7) is 10.2. The predicted octanol–water partition coefficient (Wildman–Crippen LogP) is 6.69. The molecule has 14 heteroatoms. The number of benzene rings is 3. The summed E-state index contributed by atoms with van der Waals surface area (Å²) in [5.74, 6) is 0.125. The van der Waals surface area contributed by atoms with Gasteiger partial charge in [0.25, 0.3) is 11.8 Å². The number of nitrogens with zero attached hydrogens (tertiary/aromatic N) is 2. The van der Waals surface area contributed by atoms with E-state index in [1.165, 1.54) is 12.0 Å². The number of nitrogens with one attached hydrogen (secondary N) is 2. The minimum absolute atomic E-state index is 0.218. The van der Waals surface area contributed by atoms with Gasteiger partial charge in [0.2, 0.25) is 5.91 Å². The topological polar surface area (TPSA) is 179 Å². The molecule has 54 heavy (non-hydrogen) atoms. The van der Waals surface area contributed by atoms with Crippen LogP contribution in [-0.4, -0.2) is 80.8 Å². The van der Waals surface area contributed by atoms with E-state index in [0.717, 1.165) is 10.5 Å². The average molecular weight is 748 g/mol. The number of methoxy groups -OCH3 is 1. The number of nitrogens with two attached hydrogens (primary N) is 1. The SMILES string of the molecule is CCN(C(N)=O)C(=O)CCCCCOc1cc(C)ccc1N(C)C(=O)c1ccc(NC(=O)c2ccccc2OCCCNC(=O)OC(C)(C)C)c(OC)c1. The van der Waals surface area contributed by atoms with E-state index in [4.69, 9.17) is 24.7 Å². The van der Waals surface area contributed by atoms with Crippen molar-refractivity contribution in [2.24, 2.45) is 5.73 Å². The maximum Gasteiger partial charge on any atom is 0.407 e. The van der Waals surface area contributed by atoms with Crippen LogP contribution in [0.25, 0.3) is 0 Å². The molecule has 0 aliphatic heterocycles. The van der Waals surface area contributed by atoms with Crippen molar-refractivity contribution in [3.8, 4) is 17.2 Å². The monoisotopic (exact) mass is 747 g/mol. The number of para-hydroxylation sites is 1. The van der Waals surface area contributed by atoms with E-state index in [1.807, 2.05) is 25.1 Å². The Hall–Kier alpha value is -5.79. The molecule has 0 unspecified atom stereocenters. The summed E-state index contributed by atoms with van der Waals surface area (Å²) >= 11 is 0. The molecule has 0 saturated carbocycles. The molecule has 3 aromatic rings. The molecule has 14 nitrogen and oxygen atoms in total. The van der Waals surface area contributed by atoms with Gasteiger partial charge in [0, 0.05) is 32.1 Å². The molecule has 0 heterocycles. The number of ether oxygens (including phenoxy) is 4. The third-order valence-electron chi connectivity index (χ3n) is 8.03. The van der Waals surface area contributed by atoms with Gasteiger partial charge in [0.05, 0.1) is 37.3 Å². The molecule has 292 valence electrons. The Kier molecular flexibility index (Phi) is 16.1. The standard InChI is InChI=1S/C40H53N5O9/c1-8-45(38(41)49)35(46)17-10-9-13-23-53-34-25-27(2)18-21-31(34)44(6)37(48)28-19-20-30(33(26-28)51-7)43-36(47)29-15-11-12-16-32(29)52-24-14-22-42-39(50)54-40(3,4)5/h11-12,15-16,18-21,25-26H,8-10,13-14,17,22-24H2,1-7H3,(H2,41,49)(H,42,50)(H,43,47). The normalized spacial score (nSPS) is 10.9. The second kappa shape index (κ2) is 20.5. The zero-order chi connectivity index (χ0) is 39.8. The fraction of sp³-hybridized carbons (Fsp3) is 0.425. The Labute approximate surface area is 317 Å². The number of imide groups is 1. The van der Waals surface area contributed by atoms with Gasteiger partial charge in [-0.05, 0) is 108 Å². The highest BCUT2D eigenvalue weighted by Crippen LogP contribution is 2.32. The summed E-state index contributed by atoms with van der Waals surface area (Å²) in [5, 5.41) is 5.53. The largest absolute Gasteiger partial charge is 0.495 e. The van der Waals surface area contributed by atoms with Gasteiger partial charge in [-0.3, -0.25) is 19.3 Å². The van der Waals surface area contributed by atoms with Crippen molar-refractivity contribution in [2.45, 2.75) is 72.3 Å². The third-order valence-corrected chi connectivity index (χ3v) is 8.03. The molecule has 0 bridgehead atoms. The first kappa shape index (κ1) is 42.6. The predicted molar refractivity (Wildman–Crippen MR) is 207 cm³/mol. The van der Waals surface area contributed by atoms with Crippen molar-refractivity contribution in [1.29, 1.82) is 0 Å². The lowest BCUT2D eigenvalue weighted by atomic mass is 10.1. The van der Waals surface area contributed by atoms with E-state index in [1.54, 1.807) is 77.2 Å². The van der Waals surface area contributed by atoms with Gasteiger partial charge in [-0.15, -0.1) is 0 Å². The van der Waals surface area contributed by atoms with E-state index in [9.17, 15) is 24.0 Å². The smallest absolute Gasteiger partial charge is 0.407 e. The van der Waals surface area contributed by atoms with Gasteiger partial charge in [0.15, 0.2) is 0 Å². The van der Waals surface area contributed by atoms with Crippen molar-refractivity contribution < 1.29 is 42.9 Å². The number of alkyl carbamates (subject to hydrolysis) is 1. The minimum Gasteiger partial charge on any atom is -0.495 e. The Bertz CT molecular complexity index is 1770. The molecule has 0 aromatic heterocycles. The summed E-state index contributed by atoms with van der Waals surface area (Å²) in [6, 6.07) is 16.4. The molecule has 0 atom stereocenters. The van der Waals surface area contributed by atoms with Crippen molar-refractivity contribution >= 4 is 41.2 Å². The molecule has 0 fully saturated rings. The van der Waals surface area contributed by atoms with Crippen LogP contribution in [-0.2, 0) is 9.53 Å². The number of carbonyl (C=O) groups is 5. The van der Waals surface area contributed by atoms with Crippen LogP contribution in [0.5, 0.6) is 17.2 Å². The van der Waals surface area contributed by atoms with Gasteiger partial charge < -0.3 is 40.2 Å². The van der Waals surface area contributed by atoms with Gasteiger partial charge in [-0.1, -0.05) is 18.2 Å². The number of hydrogen-bond acceptors (Lipinski definition) is 9. The number of aryl methyl sites for hydroxylation is 1. The molecule has 3 rings (SSSR count). The maximum absolute atomic E-state index is 13.7. The molecule has 0 saturated heterocycles. The summed E-state index contributed by atoms with van der Waals surface area (Å²) in [5.41, 5.74) is 7.16. The first-order valence-electron chi connectivity index (χ1n) is 17.9. The highest BCUT2D eigenvalue weighted by atomic mass is 16.6. The van der Waals surface area contributed by atoms with E-state index >= 15 is 0 Å². The highest BCUT2D eigenvalue weighted by Gasteiger charge is 2.22. The number of rotatable bonds is 18. The molecule has 6 amide bonds. The van der Waals surface area contributed by atoms with E-state index in [0.29, 0.717) is 72.8 Å². The van der Waals surface area contributed by atoms with Gasteiger partial charge >= 0.3 is 12.1 Å². The maximum atomic E-state index is 13.7. The number of primary amides is 1. The van der Waals surface area contributed by atoms with Crippen LogP contribution in [0.15, 0.2) is 60.7 Å². The fourth-order valence-electron chi connectivity index (χ4n) is 5.30. The van der Waals surface area contributed by atoms with Crippen LogP contribution in [0.2, 0.25) is 0 Å². The van der Waals surface area contributed by atoms with E-state index in [-0.39, 0.29) is 37.1 Å². The van der Waals surface area contributed by atoms with Crippen LogP contribution < -0.4 is 35.5 Å². The number of amides is 6. The van der Waals surface area contributed by atoms with Crippen LogP contribution >= 0.6 is 0 Å². The Balaban J connectivity index is 1.61. The molecular formula is C40H53N5O9. The average Bonchev–Trinajstić information content (AvgIpc) is 3.12.